The average Bonchev–Trinajstić information content (AvgIpc) is 2.68. The molecule has 0 radical (unpaired) electrons. The zero-order valence-electron chi connectivity index (χ0n) is 15.3. The van der Waals surface area contributed by atoms with E-state index in [2.05, 4.69) is 15.2 Å². The summed E-state index contributed by atoms with van der Waals surface area (Å²) in [6, 6.07) is 7.31. The third-order valence-electron chi connectivity index (χ3n) is 4.23. The number of thioether (sulfide) groups is 1. The molecule has 1 atom stereocenters. The first-order valence-corrected chi connectivity index (χ1v) is 9.77. The second-order valence-corrected chi connectivity index (χ2v) is 7.11. The summed E-state index contributed by atoms with van der Waals surface area (Å²) in [7, 11) is 3.83. The molecule has 0 N–H and O–H groups in total. The van der Waals surface area contributed by atoms with Crippen molar-refractivity contribution in [3.05, 3.63) is 36.0 Å². The highest BCUT2D eigenvalue weighted by Crippen LogP contribution is 2.22. The van der Waals surface area contributed by atoms with Crippen molar-refractivity contribution in [1.29, 1.82) is 0 Å². The molecule has 138 valence electrons. The van der Waals surface area contributed by atoms with Gasteiger partial charge >= 0.3 is 0 Å². The molecule has 1 aliphatic heterocycles. The van der Waals surface area contributed by atoms with Gasteiger partial charge in [0.05, 0.1) is 12.1 Å². The number of ether oxygens (including phenoxy) is 1. The third kappa shape index (κ3) is 4.24. The highest BCUT2D eigenvalue weighted by Gasteiger charge is 2.27. The van der Waals surface area contributed by atoms with Gasteiger partial charge in [-0.3, -0.25) is 4.79 Å². The maximum absolute atomic E-state index is 12.9. The van der Waals surface area contributed by atoms with Gasteiger partial charge in [-0.2, -0.15) is 0 Å². The highest BCUT2D eigenvalue weighted by molar-refractivity contribution is 7.98. The van der Waals surface area contributed by atoms with Crippen molar-refractivity contribution in [2.45, 2.75) is 24.0 Å². The quantitative estimate of drug-likeness (QED) is 0.745. The van der Waals surface area contributed by atoms with E-state index in [9.17, 15) is 4.79 Å². The Morgan fingerprint density at radius 2 is 2.15 bits per heavy atom. The van der Waals surface area contributed by atoms with Gasteiger partial charge < -0.3 is 14.5 Å². The van der Waals surface area contributed by atoms with Gasteiger partial charge in [-0.25, -0.2) is 4.98 Å². The first kappa shape index (κ1) is 18.4. The molecule has 0 spiro atoms. The van der Waals surface area contributed by atoms with E-state index in [1.807, 2.05) is 48.4 Å². The molecule has 1 amide bonds. The standard InChI is InChI=1S/C18H23N5O2S/c1-22(2)15-8-9-16(21-20-15)25-13-6-5-11-23(12-13)18(24)14-7-4-10-19-17(14)26-3/h4,7-10,13H,5-6,11-12H2,1-3H3. The lowest BCUT2D eigenvalue weighted by Crippen LogP contribution is -2.44. The van der Waals surface area contributed by atoms with Crippen LogP contribution in [0.25, 0.3) is 0 Å². The molecule has 26 heavy (non-hydrogen) atoms. The number of hydrogen-bond acceptors (Lipinski definition) is 7. The number of nitrogens with zero attached hydrogens (tertiary/aromatic N) is 5. The van der Waals surface area contributed by atoms with Crippen LogP contribution in [0.2, 0.25) is 0 Å². The molecule has 7 nitrogen and oxygen atoms in total. The maximum atomic E-state index is 12.9. The van der Waals surface area contributed by atoms with Gasteiger partial charge in [0.25, 0.3) is 5.91 Å². The van der Waals surface area contributed by atoms with E-state index in [-0.39, 0.29) is 12.0 Å². The molecule has 0 aliphatic carbocycles. The average molecular weight is 373 g/mol. The van der Waals surface area contributed by atoms with E-state index in [1.165, 1.54) is 11.8 Å². The predicted molar refractivity (Wildman–Crippen MR) is 102 cm³/mol. The lowest BCUT2D eigenvalue weighted by molar-refractivity contribution is 0.0522. The van der Waals surface area contributed by atoms with E-state index in [1.54, 1.807) is 12.3 Å². The molecule has 1 unspecified atom stereocenters. The molecule has 3 rings (SSSR count). The SMILES string of the molecule is CSc1ncccc1C(=O)N1CCCC(Oc2ccc(N(C)C)nn2)C1. The van der Waals surface area contributed by atoms with Crippen molar-refractivity contribution in [3.8, 4) is 5.88 Å². The monoisotopic (exact) mass is 373 g/mol. The van der Waals surface area contributed by atoms with Crippen LogP contribution >= 0.6 is 11.8 Å². The number of likely N-dealkylation sites (tertiary alicyclic amines) is 1. The van der Waals surface area contributed by atoms with Crippen LogP contribution in [-0.2, 0) is 0 Å². The smallest absolute Gasteiger partial charge is 0.256 e. The van der Waals surface area contributed by atoms with E-state index in [4.69, 9.17) is 4.74 Å². The normalized spacial score (nSPS) is 17.0. The predicted octanol–water partition coefficient (Wildman–Crippen LogP) is 2.34. The van der Waals surface area contributed by atoms with Crippen molar-refractivity contribution in [2.75, 3.05) is 38.3 Å². The lowest BCUT2D eigenvalue weighted by Gasteiger charge is -2.32. The second kappa shape index (κ2) is 8.35. The Morgan fingerprint density at radius 3 is 2.85 bits per heavy atom. The molecule has 1 aliphatic rings. The minimum atomic E-state index is -0.0818. The van der Waals surface area contributed by atoms with Crippen molar-refractivity contribution in [1.82, 2.24) is 20.1 Å². The number of pyridine rings is 1. The number of anilines is 1. The molecule has 0 bridgehead atoms. The fraction of sp³-hybridized carbons (Fsp3) is 0.444. The Morgan fingerprint density at radius 1 is 1.31 bits per heavy atom. The summed E-state index contributed by atoms with van der Waals surface area (Å²) >= 11 is 1.48. The molecule has 1 saturated heterocycles. The van der Waals surface area contributed by atoms with Crippen LogP contribution in [0.15, 0.2) is 35.5 Å². The first-order valence-electron chi connectivity index (χ1n) is 8.54. The van der Waals surface area contributed by atoms with Crippen LogP contribution in [0.1, 0.15) is 23.2 Å². The summed E-state index contributed by atoms with van der Waals surface area (Å²) in [5.74, 6) is 1.27. The molecule has 0 aromatic carbocycles. The lowest BCUT2D eigenvalue weighted by atomic mass is 10.1. The summed E-state index contributed by atoms with van der Waals surface area (Å²) in [6.07, 6.45) is 5.34. The van der Waals surface area contributed by atoms with Gasteiger partial charge in [0.2, 0.25) is 5.88 Å². The van der Waals surface area contributed by atoms with E-state index in [0.29, 0.717) is 18.0 Å². The largest absolute Gasteiger partial charge is 0.471 e. The minimum Gasteiger partial charge on any atom is -0.471 e. The minimum absolute atomic E-state index is 0.00444. The summed E-state index contributed by atoms with van der Waals surface area (Å²) in [5, 5.41) is 9.00. The number of amides is 1. The van der Waals surface area contributed by atoms with Crippen LogP contribution in [0.4, 0.5) is 5.82 Å². The Kier molecular flexibility index (Phi) is 5.92. The summed E-state index contributed by atoms with van der Waals surface area (Å²) < 4.78 is 5.96. The zero-order chi connectivity index (χ0) is 18.5. The van der Waals surface area contributed by atoms with Gasteiger partial charge in [-0.1, -0.05) is 0 Å². The first-order chi connectivity index (χ1) is 12.6. The Balaban J connectivity index is 1.66. The number of carbonyl (C=O) groups is 1. The molecule has 3 heterocycles. The third-order valence-corrected chi connectivity index (χ3v) is 4.94. The topological polar surface area (TPSA) is 71.5 Å². The highest BCUT2D eigenvalue weighted by atomic mass is 32.2. The van der Waals surface area contributed by atoms with Crippen LogP contribution in [0.3, 0.4) is 0 Å². The van der Waals surface area contributed by atoms with Crippen LogP contribution in [-0.4, -0.2) is 65.5 Å². The number of rotatable bonds is 5. The summed E-state index contributed by atoms with van der Waals surface area (Å²) in [5.41, 5.74) is 0.649. The number of carbonyl (C=O) groups excluding carboxylic acids is 1. The molecular weight excluding hydrogens is 350 g/mol. The molecule has 2 aromatic heterocycles. The molecule has 8 heteroatoms. The van der Waals surface area contributed by atoms with Gasteiger partial charge in [-0.15, -0.1) is 22.0 Å². The van der Waals surface area contributed by atoms with E-state index < -0.39 is 0 Å². The molecule has 2 aromatic rings. The Labute approximate surface area is 157 Å². The van der Waals surface area contributed by atoms with Gasteiger partial charge in [0.15, 0.2) is 5.82 Å². The van der Waals surface area contributed by atoms with Crippen LogP contribution in [0, 0.1) is 0 Å². The Bertz CT molecular complexity index is 754. The van der Waals surface area contributed by atoms with Gasteiger partial charge in [0.1, 0.15) is 11.1 Å². The second-order valence-electron chi connectivity index (χ2n) is 6.32. The molecular formula is C18H23N5O2S. The molecule has 1 fully saturated rings. The fourth-order valence-electron chi connectivity index (χ4n) is 2.89. The van der Waals surface area contributed by atoms with Crippen LogP contribution < -0.4 is 9.64 Å². The van der Waals surface area contributed by atoms with Gasteiger partial charge in [0, 0.05) is 32.9 Å². The van der Waals surface area contributed by atoms with Crippen LogP contribution in [0.5, 0.6) is 5.88 Å². The van der Waals surface area contributed by atoms with E-state index in [0.717, 1.165) is 30.2 Å². The maximum Gasteiger partial charge on any atom is 0.256 e. The molecule has 0 saturated carbocycles. The zero-order valence-corrected chi connectivity index (χ0v) is 16.1. The summed E-state index contributed by atoms with van der Waals surface area (Å²) in [4.78, 5) is 20.9. The number of aromatic nitrogens is 3. The Hall–Kier alpha value is -2.35. The van der Waals surface area contributed by atoms with Crippen molar-refractivity contribution in [3.63, 3.8) is 0 Å². The summed E-state index contributed by atoms with van der Waals surface area (Å²) in [6.45, 7) is 1.27. The van der Waals surface area contributed by atoms with Gasteiger partial charge in [-0.05, 0) is 37.3 Å². The van der Waals surface area contributed by atoms with E-state index >= 15 is 0 Å². The van der Waals surface area contributed by atoms with Crippen molar-refractivity contribution < 1.29 is 9.53 Å². The van der Waals surface area contributed by atoms with Crippen molar-refractivity contribution >= 4 is 23.5 Å². The number of hydrogen-bond donors (Lipinski definition) is 0. The number of piperidine rings is 1. The fourth-order valence-corrected chi connectivity index (χ4v) is 3.43. The van der Waals surface area contributed by atoms with Crippen molar-refractivity contribution in [2.24, 2.45) is 0 Å².